The summed E-state index contributed by atoms with van der Waals surface area (Å²) in [6.45, 7) is 0.0946. The SMILES string of the molecule is O=C(O)CC[C@H](NC(=O)CN1CCN(CC(=O)N[C@@H](CCC(=O)O)C(=O)O)CCN(Cc2ccc3c(n2)c2ncccc2c2nc4c(nc32)CCCC4)CCN(CC(=O)N[C@@H](CCC(=O)O)C(=O)O)CC1)C(=O)O. The molecular formula is C48H61N11O15. The van der Waals surface area contributed by atoms with Gasteiger partial charge in [-0.1, -0.05) is 0 Å². The number of carbonyl (C=O) groups is 9. The molecule has 26 heteroatoms. The molecule has 1 aromatic carbocycles. The molecule has 0 saturated carbocycles. The zero-order chi connectivity index (χ0) is 53.5. The van der Waals surface area contributed by atoms with E-state index in [1.165, 1.54) is 0 Å². The van der Waals surface area contributed by atoms with Gasteiger partial charge in [-0.15, -0.1) is 0 Å². The van der Waals surface area contributed by atoms with Crippen LogP contribution in [0.2, 0.25) is 0 Å². The van der Waals surface area contributed by atoms with Crippen LogP contribution in [0.15, 0.2) is 30.5 Å². The van der Waals surface area contributed by atoms with Crippen molar-refractivity contribution >= 4 is 86.4 Å². The van der Waals surface area contributed by atoms with E-state index in [1.807, 2.05) is 29.2 Å². The van der Waals surface area contributed by atoms with E-state index in [-0.39, 0.29) is 84.8 Å². The second kappa shape index (κ2) is 26.4. The number of nitrogens with zero attached hydrogens (tertiary/aromatic N) is 8. The number of aliphatic carboxylic acids is 6. The average Bonchev–Trinajstić information content (AvgIpc) is 3.35. The minimum Gasteiger partial charge on any atom is -0.481 e. The number of aromatic nitrogens is 4. The molecule has 3 atom stereocenters. The number of fused-ring (bicyclic) bond motifs is 7. The van der Waals surface area contributed by atoms with Gasteiger partial charge in [0, 0.05) is 95.1 Å². The molecule has 1 aliphatic heterocycles. The zero-order valence-electron chi connectivity index (χ0n) is 40.6. The molecule has 1 aliphatic carbocycles. The lowest BCUT2D eigenvalue weighted by atomic mass is 9.99. The van der Waals surface area contributed by atoms with Crippen molar-refractivity contribution in [2.45, 2.75) is 88.9 Å². The summed E-state index contributed by atoms with van der Waals surface area (Å²) in [5.41, 5.74) is 5.24. The summed E-state index contributed by atoms with van der Waals surface area (Å²) in [5, 5.41) is 65.5. The minimum absolute atomic E-state index is 0.0393. The van der Waals surface area contributed by atoms with Crippen molar-refractivity contribution in [2.24, 2.45) is 0 Å². The summed E-state index contributed by atoms with van der Waals surface area (Å²) >= 11 is 0. The van der Waals surface area contributed by atoms with Crippen molar-refractivity contribution in [1.29, 1.82) is 0 Å². The number of aryl methyl sites for hydroxylation is 2. The van der Waals surface area contributed by atoms with Gasteiger partial charge in [0.15, 0.2) is 0 Å². The van der Waals surface area contributed by atoms with Crippen molar-refractivity contribution in [2.75, 3.05) is 72.0 Å². The van der Waals surface area contributed by atoms with Gasteiger partial charge >= 0.3 is 35.8 Å². The number of carboxylic acids is 6. The van der Waals surface area contributed by atoms with E-state index in [0.717, 1.165) is 53.4 Å². The summed E-state index contributed by atoms with van der Waals surface area (Å²) in [5.74, 6) is -10.3. The highest BCUT2D eigenvalue weighted by Crippen LogP contribution is 2.33. The number of benzene rings is 1. The van der Waals surface area contributed by atoms with Crippen LogP contribution in [0.4, 0.5) is 0 Å². The summed E-state index contributed by atoms with van der Waals surface area (Å²) < 4.78 is 0. The highest BCUT2D eigenvalue weighted by Gasteiger charge is 2.28. The molecule has 0 bridgehead atoms. The molecule has 0 unspecified atom stereocenters. The smallest absolute Gasteiger partial charge is 0.326 e. The average molecular weight is 1030 g/mol. The zero-order valence-corrected chi connectivity index (χ0v) is 40.6. The van der Waals surface area contributed by atoms with Crippen molar-refractivity contribution in [1.82, 2.24) is 55.5 Å². The van der Waals surface area contributed by atoms with Crippen LogP contribution in [0, 0.1) is 0 Å². The number of hydrogen-bond acceptors (Lipinski definition) is 17. The Morgan fingerprint density at radius 3 is 1.22 bits per heavy atom. The lowest BCUT2D eigenvalue weighted by Gasteiger charge is -2.34. The Bertz CT molecular complexity index is 2690. The second-order valence-electron chi connectivity index (χ2n) is 18.4. The third-order valence-corrected chi connectivity index (χ3v) is 12.9. The Balaban J connectivity index is 1.31. The van der Waals surface area contributed by atoms with Gasteiger partial charge in [0.1, 0.15) is 18.1 Å². The molecule has 9 N–H and O–H groups in total. The van der Waals surface area contributed by atoms with Crippen LogP contribution in [0.25, 0.3) is 32.8 Å². The van der Waals surface area contributed by atoms with Gasteiger partial charge in [0.05, 0.1) is 58.8 Å². The van der Waals surface area contributed by atoms with Crippen LogP contribution in [0.3, 0.4) is 0 Å². The van der Waals surface area contributed by atoms with Crippen molar-refractivity contribution < 1.29 is 73.8 Å². The van der Waals surface area contributed by atoms with E-state index >= 15 is 0 Å². The Morgan fingerprint density at radius 1 is 0.473 bits per heavy atom. The summed E-state index contributed by atoms with van der Waals surface area (Å²) in [7, 11) is 0. The Labute approximate surface area is 423 Å². The Hall–Kier alpha value is -7.55. The maximum Gasteiger partial charge on any atom is 0.326 e. The molecule has 0 spiro atoms. The topological polar surface area (TPSA) is 376 Å². The lowest BCUT2D eigenvalue weighted by molar-refractivity contribution is -0.144. The largest absolute Gasteiger partial charge is 0.481 e. The number of nitrogens with one attached hydrogen (secondary N) is 3. The molecule has 1 saturated heterocycles. The molecule has 4 aromatic rings. The molecule has 3 aromatic heterocycles. The molecule has 4 heterocycles. The first-order chi connectivity index (χ1) is 35.3. The van der Waals surface area contributed by atoms with Crippen LogP contribution < -0.4 is 16.0 Å². The van der Waals surface area contributed by atoms with Crippen molar-refractivity contribution in [3.05, 3.63) is 47.5 Å². The molecule has 2 aliphatic rings. The van der Waals surface area contributed by atoms with Gasteiger partial charge in [-0.2, -0.15) is 0 Å². The molecule has 1 fully saturated rings. The highest BCUT2D eigenvalue weighted by molar-refractivity contribution is 6.20. The maximum atomic E-state index is 13.5. The van der Waals surface area contributed by atoms with E-state index in [9.17, 15) is 68.7 Å². The van der Waals surface area contributed by atoms with Gasteiger partial charge in [-0.25, -0.2) is 29.3 Å². The maximum absolute atomic E-state index is 13.5. The first-order valence-corrected chi connectivity index (χ1v) is 24.3. The summed E-state index contributed by atoms with van der Waals surface area (Å²) in [6, 6.07) is 3.03. The molecule has 398 valence electrons. The van der Waals surface area contributed by atoms with Gasteiger partial charge in [0.25, 0.3) is 0 Å². The standard InChI is InChI=1S/C48H61N11O15/c60-36(51-33(46(69)70)9-12-39(63)64)25-57-18-16-56(24-28-7-8-30-43(50-28)42-29(4-3-15-49-42)44-45(30)55-32-6-2-1-5-31(32)54-44)17-19-58(26-37(61)52-34(47(71)72)10-13-40(65)66)21-23-59(22-20-57)27-38(62)53-35(48(73)74)11-14-41(67)68/h3-4,7-8,15,33-35H,1-2,5-6,9-14,16-27H2,(H,51,60)(H,52,61)(H,53,62)(H,63,64)(H,65,66)(H,67,68)(H,69,70)(H,71,72)(H,73,74)/t33-,34-,35-/m0/s1. The third-order valence-electron chi connectivity index (χ3n) is 12.9. The third kappa shape index (κ3) is 16.2. The molecular weight excluding hydrogens is 971 g/mol. The molecule has 3 amide bonds. The number of carbonyl (C=O) groups excluding carboxylic acids is 3. The van der Waals surface area contributed by atoms with Crippen LogP contribution >= 0.6 is 0 Å². The predicted octanol–water partition coefficient (Wildman–Crippen LogP) is -0.371. The van der Waals surface area contributed by atoms with E-state index < -0.39 is 104 Å². The molecule has 0 radical (unpaired) electrons. The first-order valence-electron chi connectivity index (χ1n) is 24.3. The van der Waals surface area contributed by atoms with E-state index in [0.29, 0.717) is 22.2 Å². The molecule has 6 rings (SSSR count). The summed E-state index contributed by atoms with van der Waals surface area (Å²) in [4.78, 5) is 137. The molecule has 26 nitrogen and oxygen atoms in total. The van der Waals surface area contributed by atoms with Crippen LogP contribution in [0.5, 0.6) is 0 Å². The highest BCUT2D eigenvalue weighted by atomic mass is 16.4. The number of pyridine rings is 2. The minimum atomic E-state index is -1.53. The van der Waals surface area contributed by atoms with Gasteiger partial charge in [0.2, 0.25) is 17.7 Å². The van der Waals surface area contributed by atoms with Gasteiger partial charge in [-0.3, -0.25) is 53.4 Å². The number of amides is 3. The number of rotatable bonds is 23. The predicted molar refractivity (Wildman–Crippen MR) is 261 cm³/mol. The van der Waals surface area contributed by atoms with Crippen molar-refractivity contribution in [3.63, 3.8) is 0 Å². The first kappa shape index (κ1) is 55.8. The van der Waals surface area contributed by atoms with Crippen LogP contribution in [-0.4, -0.2) is 214 Å². The fourth-order valence-corrected chi connectivity index (χ4v) is 8.95. The fourth-order valence-electron chi connectivity index (χ4n) is 8.95. The van der Waals surface area contributed by atoms with E-state index in [2.05, 4.69) is 16.0 Å². The van der Waals surface area contributed by atoms with E-state index in [4.69, 9.17) is 25.0 Å². The number of carboxylic acid groups (broad SMARTS) is 6. The second-order valence-corrected chi connectivity index (χ2v) is 18.4. The van der Waals surface area contributed by atoms with Gasteiger partial charge in [-0.05, 0) is 69.2 Å². The lowest BCUT2D eigenvalue weighted by Crippen LogP contribution is -2.52. The van der Waals surface area contributed by atoms with Crippen LogP contribution in [-0.2, 0) is 62.5 Å². The van der Waals surface area contributed by atoms with Crippen molar-refractivity contribution in [3.8, 4) is 0 Å². The summed E-state index contributed by atoms with van der Waals surface area (Å²) in [6.07, 6.45) is 2.64. The normalized spacial score (nSPS) is 16.7. The van der Waals surface area contributed by atoms with E-state index in [1.54, 1.807) is 20.9 Å². The quantitative estimate of drug-likeness (QED) is 0.0428. The molecule has 74 heavy (non-hydrogen) atoms. The monoisotopic (exact) mass is 1030 g/mol. The Morgan fingerprint density at radius 2 is 0.838 bits per heavy atom. The number of hydrogen-bond donors (Lipinski definition) is 9. The Kier molecular flexibility index (Phi) is 19.9. The van der Waals surface area contributed by atoms with Gasteiger partial charge < -0.3 is 46.6 Å². The van der Waals surface area contributed by atoms with Crippen LogP contribution in [0.1, 0.15) is 68.4 Å². The fraction of sp³-hybridized carbons (Fsp3) is 0.521.